The normalized spacial score (nSPS) is 21.7. The van der Waals surface area contributed by atoms with Crippen molar-refractivity contribution in [2.75, 3.05) is 19.6 Å². The van der Waals surface area contributed by atoms with Gasteiger partial charge in [0.15, 0.2) is 0 Å². The van der Waals surface area contributed by atoms with Crippen LogP contribution in [0.1, 0.15) is 53.4 Å². The molecule has 0 unspecified atom stereocenters. The SMILES string of the molecule is Cc1cc(CN2CCc3nc[nH]c3C2)c(C)c(CN2CCC[C@H](C)C2)c1. The van der Waals surface area contributed by atoms with Crippen LogP contribution in [0.3, 0.4) is 0 Å². The maximum absolute atomic E-state index is 4.43. The second kappa shape index (κ2) is 7.53. The number of aromatic amines is 1. The van der Waals surface area contributed by atoms with Crippen LogP contribution in [0.4, 0.5) is 0 Å². The molecule has 0 spiro atoms. The molecule has 1 aromatic heterocycles. The Morgan fingerprint density at radius 1 is 1.12 bits per heavy atom. The Labute approximate surface area is 157 Å². The largest absolute Gasteiger partial charge is 0.347 e. The van der Waals surface area contributed by atoms with Gasteiger partial charge in [0, 0.05) is 39.1 Å². The number of hydrogen-bond acceptors (Lipinski definition) is 3. The fourth-order valence-electron chi connectivity index (χ4n) is 4.66. The highest BCUT2D eigenvalue weighted by atomic mass is 15.2. The van der Waals surface area contributed by atoms with E-state index >= 15 is 0 Å². The lowest BCUT2D eigenvalue weighted by atomic mass is 9.95. The van der Waals surface area contributed by atoms with Crippen LogP contribution >= 0.6 is 0 Å². The second-order valence-corrected chi connectivity index (χ2v) is 8.48. The van der Waals surface area contributed by atoms with Crippen LogP contribution in [0.15, 0.2) is 18.5 Å². The molecular weight excluding hydrogens is 320 g/mol. The molecule has 4 heteroatoms. The van der Waals surface area contributed by atoms with Crippen molar-refractivity contribution in [2.24, 2.45) is 5.92 Å². The first-order valence-corrected chi connectivity index (χ1v) is 10.1. The Morgan fingerprint density at radius 2 is 1.88 bits per heavy atom. The highest BCUT2D eigenvalue weighted by Gasteiger charge is 2.21. The summed E-state index contributed by atoms with van der Waals surface area (Å²) in [5.74, 6) is 0.838. The van der Waals surface area contributed by atoms with Gasteiger partial charge in [0.25, 0.3) is 0 Å². The molecule has 4 nitrogen and oxygen atoms in total. The molecule has 1 N–H and O–H groups in total. The molecule has 2 aromatic rings. The fraction of sp³-hybridized carbons (Fsp3) is 0.591. The number of imidazole rings is 1. The van der Waals surface area contributed by atoms with Gasteiger partial charge >= 0.3 is 0 Å². The molecule has 0 bridgehead atoms. The van der Waals surface area contributed by atoms with Crippen molar-refractivity contribution in [3.8, 4) is 0 Å². The van der Waals surface area contributed by atoms with E-state index in [-0.39, 0.29) is 0 Å². The van der Waals surface area contributed by atoms with Gasteiger partial charge in [0.05, 0.1) is 17.7 Å². The maximum Gasteiger partial charge on any atom is 0.0925 e. The Morgan fingerprint density at radius 3 is 2.65 bits per heavy atom. The molecule has 0 radical (unpaired) electrons. The first kappa shape index (κ1) is 17.7. The number of piperidine rings is 1. The van der Waals surface area contributed by atoms with E-state index in [1.807, 2.05) is 6.33 Å². The van der Waals surface area contributed by atoms with E-state index in [0.29, 0.717) is 0 Å². The van der Waals surface area contributed by atoms with Gasteiger partial charge in [-0.1, -0.05) is 24.6 Å². The number of aryl methyl sites for hydroxylation is 1. The lowest BCUT2D eigenvalue weighted by molar-refractivity contribution is 0.176. The average Bonchev–Trinajstić information content (AvgIpc) is 3.07. The molecule has 1 fully saturated rings. The zero-order valence-corrected chi connectivity index (χ0v) is 16.5. The van der Waals surface area contributed by atoms with Crippen LogP contribution in [0, 0.1) is 19.8 Å². The van der Waals surface area contributed by atoms with Gasteiger partial charge in [-0.3, -0.25) is 9.80 Å². The predicted octanol–water partition coefficient (Wildman–Crippen LogP) is 3.82. The molecule has 3 heterocycles. The van der Waals surface area contributed by atoms with Gasteiger partial charge < -0.3 is 4.98 Å². The van der Waals surface area contributed by atoms with Crippen LogP contribution in [0.2, 0.25) is 0 Å². The number of likely N-dealkylation sites (tertiary alicyclic amines) is 1. The van der Waals surface area contributed by atoms with E-state index in [4.69, 9.17) is 0 Å². The number of nitrogens with zero attached hydrogens (tertiary/aromatic N) is 3. The maximum atomic E-state index is 4.43. The third-order valence-corrected chi connectivity index (χ3v) is 6.15. The number of rotatable bonds is 4. The second-order valence-electron chi connectivity index (χ2n) is 8.48. The Hall–Kier alpha value is -1.65. The molecule has 2 aliphatic rings. The molecule has 0 saturated carbocycles. The molecule has 0 amide bonds. The number of nitrogens with one attached hydrogen (secondary N) is 1. The lowest BCUT2D eigenvalue weighted by Gasteiger charge is -2.32. The predicted molar refractivity (Wildman–Crippen MR) is 106 cm³/mol. The summed E-state index contributed by atoms with van der Waals surface area (Å²) in [5, 5.41) is 0. The van der Waals surface area contributed by atoms with E-state index in [1.54, 1.807) is 0 Å². The standard InChI is InChI=1S/C22H32N4/c1-16-5-4-7-25(11-16)12-19-9-17(2)10-20(18(19)3)13-26-8-6-21-22(14-26)24-15-23-21/h9-10,15-16H,4-8,11-14H2,1-3H3,(H,23,24)/t16-/m0/s1. The van der Waals surface area contributed by atoms with Gasteiger partial charge in [0.1, 0.15) is 0 Å². The smallest absolute Gasteiger partial charge is 0.0925 e. The Bertz CT molecular complexity index is 763. The van der Waals surface area contributed by atoms with Crippen molar-refractivity contribution in [2.45, 2.75) is 59.7 Å². The Balaban J connectivity index is 1.49. The van der Waals surface area contributed by atoms with Crippen LogP contribution in [-0.4, -0.2) is 39.4 Å². The Kier molecular flexibility index (Phi) is 5.14. The number of fused-ring (bicyclic) bond motifs is 1. The summed E-state index contributed by atoms with van der Waals surface area (Å²) in [7, 11) is 0. The molecule has 0 aliphatic carbocycles. The third kappa shape index (κ3) is 3.86. The highest BCUT2D eigenvalue weighted by Crippen LogP contribution is 2.25. The number of benzene rings is 1. The first-order chi connectivity index (χ1) is 12.6. The molecule has 26 heavy (non-hydrogen) atoms. The van der Waals surface area contributed by atoms with Crippen molar-refractivity contribution in [1.82, 2.24) is 19.8 Å². The van der Waals surface area contributed by atoms with Gasteiger partial charge in [-0.25, -0.2) is 4.98 Å². The minimum absolute atomic E-state index is 0.838. The summed E-state index contributed by atoms with van der Waals surface area (Å²) in [6.45, 7) is 13.7. The summed E-state index contributed by atoms with van der Waals surface area (Å²) in [6.07, 6.45) is 5.63. The van der Waals surface area contributed by atoms with Crippen molar-refractivity contribution < 1.29 is 0 Å². The monoisotopic (exact) mass is 352 g/mol. The van der Waals surface area contributed by atoms with Crippen molar-refractivity contribution >= 4 is 0 Å². The molecule has 4 rings (SSSR count). The van der Waals surface area contributed by atoms with Crippen molar-refractivity contribution in [1.29, 1.82) is 0 Å². The van der Waals surface area contributed by atoms with Gasteiger partial charge in [-0.05, 0) is 55.8 Å². The summed E-state index contributed by atoms with van der Waals surface area (Å²) >= 11 is 0. The van der Waals surface area contributed by atoms with Crippen LogP contribution < -0.4 is 0 Å². The highest BCUT2D eigenvalue weighted by molar-refractivity contribution is 5.38. The third-order valence-electron chi connectivity index (χ3n) is 6.15. The van der Waals surface area contributed by atoms with Gasteiger partial charge in [-0.2, -0.15) is 0 Å². The van der Waals surface area contributed by atoms with Crippen LogP contribution in [0.5, 0.6) is 0 Å². The van der Waals surface area contributed by atoms with Crippen molar-refractivity contribution in [3.63, 3.8) is 0 Å². The molecule has 1 aromatic carbocycles. The van der Waals surface area contributed by atoms with Crippen LogP contribution in [0.25, 0.3) is 0 Å². The molecule has 140 valence electrons. The number of aromatic nitrogens is 2. The summed E-state index contributed by atoms with van der Waals surface area (Å²) in [5.41, 5.74) is 8.45. The minimum Gasteiger partial charge on any atom is -0.347 e. The summed E-state index contributed by atoms with van der Waals surface area (Å²) in [4.78, 5) is 12.9. The van der Waals surface area contributed by atoms with E-state index in [1.165, 1.54) is 59.6 Å². The van der Waals surface area contributed by atoms with Gasteiger partial charge in [0.2, 0.25) is 0 Å². The summed E-state index contributed by atoms with van der Waals surface area (Å²) < 4.78 is 0. The first-order valence-electron chi connectivity index (χ1n) is 10.1. The molecule has 1 atom stereocenters. The molecule has 2 aliphatic heterocycles. The van der Waals surface area contributed by atoms with Crippen LogP contribution in [-0.2, 0) is 26.1 Å². The lowest BCUT2D eigenvalue weighted by Crippen LogP contribution is -2.34. The fourth-order valence-corrected chi connectivity index (χ4v) is 4.66. The number of hydrogen-bond donors (Lipinski definition) is 1. The van der Waals surface area contributed by atoms with E-state index < -0.39 is 0 Å². The summed E-state index contributed by atoms with van der Waals surface area (Å²) in [6, 6.07) is 4.79. The van der Waals surface area contributed by atoms with Crippen molar-refractivity contribution in [3.05, 3.63) is 52.1 Å². The average molecular weight is 353 g/mol. The molecular formula is C22H32N4. The van der Waals surface area contributed by atoms with Gasteiger partial charge in [-0.15, -0.1) is 0 Å². The topological polar surface area (TPSA) is 35.2 Å². The molecule has 1 saturated heterocycles. The zero-order chi connectivity index (χ0) is 18.1. The van der Waals surface area contributed by atoms with E-state index in [0.717, 1.165) is 38.5 Å². The van der Waals surface area contributed by atoms with E-state index in [2.05, 4.69) is 52.7 Å². The minimum atomic E-state index is 0.838. The van der Waals surface area contributed by atoms with E-state index in [9.17, 15) is 0 Å². The number of H-pyrrole nitrogens is 1. The quantitative estimate of drug-likeness (QED) is 0.909. The zero-order valence-electron chi connectivity index (χ0n) is 16.5.